The van der Waals surface area contributed by atoms with E-state index in [0.717, 1.165) is 0 Å². The van der Waals surface area contributed by atoms with Gasteiger partial charge in [0.05, 0.1) is 5.92 Å². The zero-order valence-electron chi connectivity index (χ0n) is 8.85. The molecule has 0 bridgehead atoms. The van der Waals surface area contributed by atoms with Gasteiger partial charge in [0.15, 0.2) is 0 Å². The van der Waals surface area contributed by atoms with E-state index in [9.17, 15) is 14.4 Å². The van der Waals surface area contributed by atoms with Crippen LogP contribution in [-0.2, 0) is 19.1 Å². The van der Waals surface area contributed by atoms with E-state index in [1.54, 1.807) is 0 Å². The molecule has 1 N–H and O–H groups in total. The van der Waals surface area contributed by atoms with Crippen LogP contribution in [-0.4, -0.2) is 29.4 Å². The van der Waals surface area contributed by atoms with Gasteiger partial charge in [0, 0.05) is 6.42 Å². The summed E-state index contributed by atoms with van der Waals surface area (Å²) in [6.45, 7) is 6.63. The summed E-state index contributed by atoms with van der Waals surface area (Å²) in [4.78, 5) is 33.0. The molecule has 0 saturated heterocycles. The Labute approximate surface area is 93.4 Å². The summed E-state index contributed by atoms with van der Waals surface area (Å²) in [6.07, 6.45) is 2.47. The van der Waals surface area contributed by atoms with Gasteiger partial charge >= 0.3 is 11.9 Å². The number of hydrogen-bond donors (Lipinski definition) is 1. The summed E-state index contributed by atoms with van der Waals surface area (Å²) in [6, 6.07) is 0. The van der Waals surface area contributed by atoms with Gasteiger partial charge in [-0.3, -0.25) is 9.59 Å². The predicted octanol–water partition coefficient (Wildman–Crippen LogP) is 0.952. The van der Waals surface area contributed by atoms with Gasteiger partial charge < -0.3 is 9.84 Å². The van der Waals surface area contributed by atoms with Crippen molar-refractivity contribution in [1.29, 1.82) is 0 Å². The molecule has 16 heavy (non-hydrogen) atoms. The molecule has 0 fully saturated rings. The minimum Gasteiger partial charge on any atom is -0.481 e. The molecule has 0 amide bonds. The SMILES string of the molecule is C=CCOC(=O)C(=O)CC(CC=C)C(=O)O. The second-order valence-electron chi connectivity index (χ2n) is 3.07. The third kappa shape index (κ3) is 5.09. The van der Waals surface area contributed by atoms with Crippen molar-refractivity contribution < 1.29 is 24.2 Å². The molecule has 0 aliphatic carbocycles. The number of allylic oxidation sites excluding steroid dienone is 1. The number of Topliss-reactive ketones (excluding diaryl/α,β-unsaturated/α-hetero) is 1. The Bertz CT molecular complexity index is 305. The van der Waals surface area contributed by atoms with Gasteiger partial charge in [-0.1, -0.05) is 18.7 Å². The Morgan fingerprint density at radius 1 is 1.25 bits per heavy atom. The molecule has 0 aliphatic heterocycles. The molecular weight excluding hydrogens is 212 g/mol. The quantitative estimate of drug-likeness (QED) is 0.378. The molecule has 0 radical (unpaired) electrons. The molecule has 0 spiro atoms. The Morgan fingerprint density at radius 3 is 2.31 bits per heavy atom. The number of ether oxygens (including phenoxy) is 1. The average Bonchev–Trinajstić information content (AvgIpc) is 2.24. The lowest BCUT2D eigenvalue weighted by Crippen LogP contribution is -2.24. The number of carbonyl (C=O) groups is 3. The number of esters is 1. The first kappa shape index (κ1) is 14.1. The van der Waals surface area contributed by atoms with Crippen molar-refractivity contribution in [2.45, 2.75) is 12.8 Å². The monoisotopic (exact) mass is 226 g/mol. The summed E-state index contributed by atoms with van der Waals surface area (Å²) < 4.78 is 4.49. The highest BCUT2D eigenvalue weighted by Gasteiger charge is 2.24. The zero-order valence-corrected chi connectivity index (χ0v) is 8.85. The third-order valence-electron chi connectivity index (χ3n) is 1.79. The molecule has 0 aromatic rings. The van der Waals surface area contributed by atoms with Crippen molar-refractivity contribution in [1.82, 2.24) is 0 Å². The van der Waals surface area contributed by atoms with Crippen molar-refractivity contribution in [3.05, 3.63) is 25.3 Å². The standard InChI is InChI=1S/C11H14O5/c1-3-5-8(10(13)14)7-9(12)11(15)16-6-4-2/h3-4,8H,1-2,5-7H2,(H,13,14). The number of carbonyl (C=O) groups excluding carboxylic acids is 2. The van der Waals surface area contributed by atoms with Crippen LogP contribution in [0.25, 0.3) is 0 Å². The Morgan fingerprint density at radius 2 is 1.88 bits per heavy atom. The molecule has 1 unspecified atom stereocenters. The molecule has 0 saturated carbocycles. The van der Waals surface area contributed by atoms with E-state index in [0.29, 0.717) is 0 Å². The zero-order chi connectivity index (χ0) is 12.6. The van der Waals surface area contributed by atoms with Crippen LogP contribution in [0.2, 0.25) is 0 Å². The fraction of sp³-hybridized carbons (Fsp3) is 0.364. The molecule has 88 valence electrons. The lowest BCUT2D eigenvalue weighted by atomic mass is 9.99. The number of hydrogen-bond acceptors (Lipinski definition) is 4. The smallest absolute Gasteiger partial charge is 0.374 e. The lowest BCUT2D eigenvalue weighted by Gasteiger charge is -2.07. The van der Waals surface area contributed by atoms with Crippen LogP contribution in [0, 0.1) is 5.92 Å². The summed E-state index contributed by atoms with van der Waals surface area (Å²) in [5.41, 5.74) is 0. The molecule has 0 heterocycles. The fourth-order valence-electron chi connectivity index (χ4n) is 0.995. The maximum Gasteiger partial charge on any atom is 0.374 e. The van der Waals surface area contributed by atoms with E-state index in [2.05, 4.69) is 17.9 Å². The van der Waals surface area contributed by atoms with Crippen LogP contribution in [0.3, 0.4) is 0 Å². The molecule has 0 aromatic carbocycles. The van der Waals surface area contributed by atoms with Crippen LogP contribution in [0.1, 0.15) is 12.8 Å². The summed E-state index contributed by atoms with van der Waals surface area (Å²) in [5.74, 6) is -3.95. The Hall–Kier alpha value is -1.91. The molecule has 0 aromatic heterocycles. The van der Waals surface area contributed by atoms with E-state index < -0.39 is 23.6 Å². The van der Waals surface area contributed by atoms with Crippen molar-refractivity contribution in [2.75, 3.05) is 6.61 Å². The number of ketones is 1. The number of carboxylic acid groups (broad SMARTS) is 1. The highest BCUT2D eigenvalue weighted by molar-refractivity contribution is 6.33. The summed E-state index contributed by atoms with van der Waals surface area (Å²) in [5, 5.41) is 8.74. The Balaban J connectivity index is 4.28. The number of aliphatic carboxylic acids is 1. The largest absolute Gasteiger partial charge is 0.481 e. The first-order valence-corrected chi connectivity index (χ1v) is 4.67. The molecular formula is C11H14O5. The van der Waals surface area contributed by atoms with Crippen LogP contribution in [0.4, 0.5) is 0 Å². The molecule has 0 rings (SSSR count). The van der Waals surface area contributed by atoms with E-state index >= 15 is 0 Å². The first-order chi connectivity index (χ1) is 7.52. The average molecular weight is 226 g/mol. The second-order valence-corrected chi connectivity index (χ2v) is 3.07. The lowest BCUT2D eigenvalue weighted by molar-refractivity contribution is -0.154. The molecule has 1 atom stereocenters. The van der Waals surface area contributed by atoms with E-state index in [1.165, 1.54) is 12.2 Å². The number of carboxylic acids is 1. The highest BCUT2D eigenvalue weighted by atomic mass is 16.5. The minimum atomic E-state index is -1.13. The van der Waals surface area contributed by atoms with E-state index in [-0.39, 0.29) is 19.4 Å². The maximum atomic E-state index is 11.2. The normalized spacial score (nSPS) is 11.2. The second kappa shape index (κ2) is 7.39. The van der Waals surface area contributed by atoms with Gasteiger partial charge in [-0.2, -0.15) is 0 Å². The van der Waals surface area contributed by atoms with Gasteiger partial charge in [0.25, 0.3) is 0 Å². The summed E-state index contributed by atoms with van der Waals surface area (Å²) >= 11 is 0. The van der Waals surface area contributed by atoms with Crippen LogP contribution in [0.15, 0.2) is 25.3 Å². The van der Waals surface area contributed by atoms with Crippen molar-refractivity contribution in [2.24, 2.45) is 5.92 Å². The highest BCUT2D eigenvalue weighted by Crippen LogP contribution is 2.10. The number of rotatable bonds is 8. The third-order valence-corrected chi connectivity index (χ3v) is 1.79. The molecule has 5 heteroatoms. The van der Waals surface area contributed by atoms with Crippen molar-refractivity contribution in [3.63, 3.8) is 0 Å². The first-order valence-electron chi connectivity index (χ1n) is 4.67. The molecule has 0 aliphatic rings. The van der Waals surface area contributed by atoms with Gasteiger partial charge in [0.1, 0.15) is 6.61 Å². The van der Waals surface area contributed by atoms with E-state index in [1.807, 2.05) is 0 Å². The topological polar surface area (TPSA) is 80.7 Å². The van der Waals surface area contributed by atoms with Crippen LogP contribution >= 0.6 is 0 Å². The predicted molar refractivity (Wildman–Crippen MR) is 56.7 cm³/mol. The maximum absolute atomic E-state index is 11.2. The minimum absolute atomic E-state index is 0.0657. The van der Waals surface area contributed by atoms with Gasteiger partial charge in [-0.25, -0.2) is 4.79 Å². The van der Waals surface area contributed by atoms with Crippen molar-refractivity contribution in [3.8, 4) is 0 Å². The van der Waals surface area contributed by atoms with Crippen molar-refractivity contribution >= 4 is 17.7 Å². The van der Waals surface area contributed by atoms with Crippen LogP contribution in [0.5, 0.6) is 0 Å². The van der Waals surface area contributed by atoms with Gasteiger partial charge in [0.2, 0.25) is 5.78 Å². The summed E-state index contributed by atoms with van der Waals surface area (Å²) in [7, 11) is 0. The molecule has 5 nitrogen and oxygen atoms in total. The van der Waals surface area contributed by atoms with E-state index in [4.69, 9.17) is 5.11 Å². The fourth-order valence-corrected chi connectivity index (χ4v) is 0.995. The van der Waals surface area contributed by atoms with Crippen LogP contribution < -0.4 is 0 Å². The Kier molecular flexibility index (Phi) is 6.51. The van der Waals surface area contributed by atoms with Gasteiger partial charge in [-0.05, 0) is 6.42 Å². The van der Waals surface area contributed by atoms with Gasteiger partial charge in [-0.15, -0.1) is 6.58 Å².